The number of ether oxygens (including phenoxy) is 3. The van der Waals surface area contributed by atoms with Crippen molar-refractivity contribution in [2.24, 2.45) is 0 Å². The van der Waals surface area contributed by atoms with E-state index in [1.165, 1.54) is 0 Å². The van der Waals surface area contributed by atoms with E-state index in [0.29, 0.717) is 28.4 Å². The van der Waals surface area contributed by atoms with E-state index in [0.717, 1.165) is 49.4 Å². The van der Waals surface area contributed by atoms with E-state index in [4.69, 9.17) is 14.2 Å². The molecule has 40 heavy (non-hydrogen) atoms. The summed E-state index contributed by atoms with van der Waals surface area (Å²) in [5.41, 5.74) is 1.87. The number of anilines is 1. The SMILES string of the molecule is CCC(C)(C)n1nnnc1[C@H](c1cc2cc(OC)c(OC)cc2[nH]c1=O)N1CCN(c2ccc(OC)cc2)CC1. The lowest BCUT2D eigenvalue weighted by atomic mass is 9.98. The molecule has 3 heterocycles. The van der Waals surface area contributed by atoms with Gasteiger partial charge in [-0.1, -0.05) is 6.92 Å². The van der Waals surface area contributed by atoms with Gasteiger partial charge in [-0.05, 0) is 67.1 Å². The molecule has 1 fully saturated rings. The number of tetrazole rings is 1. The summed E-state index contributed by atoms with van der Waals surface area (Å²) in [4.78, 5) is 21.4. The molecule has 0 amide bonds. The van der Waals surface area contributed by atoms with Gasteiger partial charge >= 0.3 is 0 Å². The molecule has 5 rings (SSSR count). The third kappa shape index (κ3) is 5.08. The molecule has 11 nitrogen and oxygen atoms in total. The molecule has 1 aliphatic heterocycles. The van der Waals surface area contributed by atoms with E-state index in [2.05, 4.69) is 63.2 Å². The summed E-state index contributed by atoms with van der Waals surface area (Å²) < 4.78 is 18.2. The highest BCUT2D eigenvalue weighted by Crippen LogP contribution is 2.35. The number of nitrogens with one attached hydrogen (secondary N) is 1. The molecule has 4 aromatic rings. The summed E-state index contributed by atoms with van der Waals surface area (Å²) in [5, 5.41) is 13.8. The topological polar surface area (TPSA) is 111 Å². The maximum Gasteiger partial charge on any atom is 0.253 e. The summed E-state index contributed by atoms with van der Waals surface area (Å²) in [6.07, 6.45) is 0.827. The highest BCUT2D eigenvalue weighted by molar-refractivity contribution is 5.83. The number of fused-ring (bicyclic) bond motifs is 1. The van der Waals surface area contributed by atoms with Crippen LogP contribution in [0.1, 0.15) is 44.6 Å². The van der Waals surface area contributed by atoms with Gasteiger partial charge in [0, 0.05) is 48.9 Å². The smallest absolute Gasteiger partial charge is 0.253 e. The molecule has 2 aromatic carbocycles. The predicted molar refractivity (Wildman–Crippen MR) is 154 cm³/mol. The van der Waals surface area contributed by atoms with Crippen LogP contribution in [-0.2, 0) is 5.54 Å². The molecule has 1 atom stereocenters. The molecule has 0 aliphatic carbocycles. The summed E-state index contributed by atoms with van der Waals surface area (Å²) in [6.45, 7) is 9.34. The Labute approximate surface area is 233 Å². The van der Waals surface area contributed by atoms with Crippen molar-refractivity contribution in [2.75, 3.05) is 52.4 Å². The Balaban J connectivity index is 1.56. The molecule has 0 saturated carbocycles. The van der Waals surface area contributed by atoms with Gasteiger partial charge in [-0.3, -0.25) is 9.69 Å². The maximum atomic E-state index is 13.7. The van der Waals surface area contributed by atoms with Gasteiger partial charge in [0.15, 0.2) is 17.3 Å². The van der Waals surface area contributed by atoms with Crippen molar-refractivity contribution < 1.29 is 14.2 Å². The van der Waals surface area contributed by atoms with Crippen LogP contribution in [0.5, 0.6) is 17.2 Å². The van der Waals surface area contributed by atoms with Crippen molar-refractivity contribution in [3.63, 3.8) is 0 Å². The Hall–Kier alpha value is -4.12. The fourth-order valence-corrected chi connectivity index (χ4v) is 5.23. The van der Waals surface area contributed by atoms with E-state index in [1.807, 2.05) is 28.9 Å². The number of methoxy groups -OCH3 is 3. The molecule has 1 aliphatic rings. The van der Waals surface area contributed by atoms with Crippen LogP contribution in [0.15, 0.2) is 47.3 Å². The Morgan fingerprint density at radius 1 is 0.950 bits per heavy atom. The number of hydrogen-bond acceptors (Lipinski definition) is 9. The first kappa shape index (κ1) is 27.4. The van der Waals surface area contributed by atoms with E-state index < -0.39 is 6.04 Å². The molecular formula is C29H37N7O4. The first-order chi connectivity index (χ1) is 19.3. The lowest BCUT2D eigenvalue weighted by Crippen LogP contribution is -2.49. The number of nitrogens with zero attached hydrogens (tertiary/aromatic N) is 6. The van der Waals surface area contributed by atoms with Crippen LogP contribution in [0.2, 0.25) is 0 Å². The minimum atomic E-state index is -0.444. The van der Waals surface area contributed by atoms with Crippen LogP contribution in [0.4, 0.5) is 5.69 Å². The molecule has 0 radical (unpaired) electrons. The summed E-state index contributed by atoms with van der Waals surface area (Å²) in [7, 11) is 4.85. The highest BCUT2D eigenvalue weighted by atomic mass is 16.5. The second kappa shape index (κ2) is 11.2. The lowest BCUT2D eigenvalue weighted by molar-refractivity contribution is 0.186. The number of aromatic nitrogens is 5. The molecule has 1 N–H and O–H groups in total. The Morgan fingerprint density at radius 3 is 2.25 bits per heavy atom. The molecule has 212 valence electrons. The second-order valence-corrected chi connectivity index (χ2v) is 10.6. The van der Waals surface area contributed by atoms with Gasteiger partial charge in [-0.25, -0.2) is 4.68 Å². The summed E-state index contributed by atoms with van der Waals surface area (Å²) >= 11 is 0. The first-order valence-corrected chi connectivity index (χ1v) is 13.5. The van der Waals surface area contributed by atoms with Crippen molar-refractivity contribution in [1.82, 2.24) is 30.1 Å². The van der Waals surface area contributed by atoms with Crippen LogP contribution in [0.3, 0.4) is 0 Å². The van der Waals surface area contributed by atoms with Gasteiger partial charge in [0.2, 0.25) is 0 Å². The minimum absolute atomic E-state index is 0.189. The van der Waals surface area contributed by atoms with Crippen molar-refractivity contribution in [1.29, 1.82) is 0 Å². The third-order valence-electron chi connectivity index (χ3n) is 7.97. The van der Waals surface area contributed by atoms with Gasteiger partial charge in [-0.15, -0.1) is 5.10 Å². The number of piperazine rings is 1. The molecule has 2 aromatic heterocycles. The highest BCUT2D eigenvalue weighted by Gasteiger charge is 2.35. The third-order valence-corrected chi connectivity index (χ3v) is 7.97. The lowest BCUT2D eigenvalue weighted by Gasteiger charge is -2.40. The number of aromatic amines is 1. The van der Waals surface area contributed by atoms with Gasteiger partial charge < -0.3 is 24.1 Å². The number of benzene rings is 2. The van der Waals surface area contributed by atoms with Crippen LogP contribution in [-0.4, -0.2) is 77.6 Å². The Morgan fingerprint density at radius 2 is 1.62 bits per heavy atom. The average Bonchev–Trinajstić information content (AvgIpc) is 3.48. The van der Waals surface area contributed by atoms with E-state index in [-0.39, 0.29) is 11.1 Å². The number of rotatable bonds is 9. The van der Waals surface area contributed by atoms with Crippen LogP contribution >= 0.6 is 0 Å². The molecule has 0 unspecified atom stereocenters. The summed E-state index contributed by atoms with van der Waals surface area (Å²) in [6, 6.07) is 13.2. The Bertz CT molecular complexity index is 1520. The van der Waals surface area contributed by atoms with Gasteiger partial charge in [-0.2, -0.15) is 0 Å². The van der Waals surface area contributed by atoms with Crippen molar-refractivity contribution >= 4 is 16.6 Å². The zero-order valence-corrected chi connectivity index (χ0v) is 24.0. The number of hydrogen-bond donors (Lipinski definition) is 1. The van der Waals surface area contributed by atoms with Crippen LogP contribution in [0, 0.1) is 0 Å². The zero-order chi connectivity index (χ0) is 28.4. The fourth-order valence-electron chi connectivity index (χ4n) is 5.23. The largest absolute Gasteiger partial charge is 0.497 e. The van der Waals surface area contributed by atoms with E-state index in [9.17, 15) is 4.79 Å². The van der Waals surface area contributed by atoms with Gasteiger partial charge in [0.1, 0.15) is 11.8 Å². The summed E-state index contributed by atoms with van der Waals surface area (Å²) in [5.74, 6) is 2.63. The zero-order valence-electron chi connectivity index (χ0n) is 24.0. The van der Waals surface area contributed by atoms with Crippen molar-refractivity contribution in [3.05, 3.63) is 64.2 Å². The van der Waals surface area contributed by atoms with Crippen LogP contribution in [0.25, 0.3) is 10.9 Å². The predicted octanol–water partition coefficient (Wildman–Crippen LogP) is 3.60. The van der Waals surface area contributed by atoms with Crippen molar-refractivity contribution in [2.45, 2.75) is 38.8 Å². The average molecular weight is 548 g/mol. The van der Waals surface area contributed by atoms with Crippen molar-refractivity contribution in [3.8, 4) is 17.2 Å². The fraction of sp³-hybridized carbons (Fsp3) is 0.448. The molecule has 0 spiro atoms. The normalized spacial score (nSPS) is 15.3. The maximum absolute atomic E-state index is 13.7. The quantitative estimate of drug-likeness (QED) is 0.336. The molecule has 1 saturated heterocycles. The first-order valence-electron chi connectivity index (χ1n) is 13.5. The molecule has 0 bridgehead atoms. The van der Waals surface area contributed by atoms with E-state index in [1.54, 1.807) is 27.4 Å². The molecule has 11 heteroatoms. The second-order valence-electron chi connectivity index (χ2n) is 10.6. The van der Waals surface area contributed by atoms with Gasteiger partial charge in [0.05, 0.1) is 32.4 Å². The van der Waals surface area contributed by atoms with Gasteiger partial charge in [0.25, 0.3) is 5.56 Å². The molecular weight excluding hydrogens is 510 g/mol. The standard InChI is InChI=1S/C29H37N7O4/c1-7-29(2,3)36-27(31-32-33-36)26(35-14-12-34(13-15-35)20-8-10-21(38-4)11-9-20)22-16-19-17-24(39-5)25(40-6)18-23(19)30-28(22)37/h8-11,16-18,26H,7,12-15H2,1-6H3,(H,30,37)/t26-/m0/s1. The van der Waals surface area contributed by atoms with E-state index >= 15 is 0 Å². The minimum Gasteiger partial charge on any atom is -0.497 e. The Kier molecular flexibility index (Phi) is 7.66. The van der Waals surface area contributed by atoms with Crippen LogP contribution < -0.4 is 24.7 Å². The number of pyridine rings is 1. The number of H-pyrrole nitrogens is 1. The monoisotopic (exact) mass is 547 g/mol.